The topological polar surface area (TPSA) is 29.0 Å². The number of hydrogen-bond acceptors (Lipinski definition) is 3. The van der Waals surface area contributed by atoms with E-state index in [0.29, 0.717) is 17.8 Å². The number of alkyl halides is 1. The third-order valence-corrected chi connectivity index (χ3v) is 3.89. The van der Waals surface area contributed by atoms with Crippen LogP contribution in [0.4, 0.5) is 5.82 Å². The summed E-state index contributed by atoms with van der Waals surface area (Å²) in [6.45, 7) is 7.40. The Labute approximate surface area is 108 Å². The fourth-order valence-corrected chi connectivity index (χ4v) is 2.94. The van der Waals surface area contributed by atoms with Crippen LogP contribution in [0.3, 0.4) is 0 Å². The molecule has 2 unspecified atom stereocenters. The predicted octanol–water partition coefficient (Wildman–Crippen LogP) is 2.80. The van der Waals surface area contributed by atoms with Gasteiger partial charge in [-0.3, -0.25) is 0 Å². The van der Waals surface area contributed by atoms with Gasteiger partial charge in [-0.1, -0.05) is 13.8 Å². The van der Waals surface area contributed by atoms with Crippen LogP contribution in [0.5, 0.6) is 0 Å². The van der Waals surface area contributed by atoms with Gasteiger partial charge in [-0.2, -0.15) is 0 Å². The van der Waals surface area contributed by atoms with E-state index in [1.807, 2.05) is 6.92 Å². The van der Waals surface area contributed by atoms with Crippen molar-refractivity contribution >= 4 is 17.4 Å². The molecule has 1 saturated heterocycles. The van der Waals surface area contributed by atoms with Gasteiger partial charge in [-0.25, -0.2) is 9.97 Å². The minimum absolute atomic E-state index is 0.413. The lowest BCUT2D eigenvalue weighted by Gasteiger charge is -2.26. The first-order chi connectivity index (χ1) is 8.15. The Morgan fingerprint density at radius 2 is 2.24 bits per heavy atom. The lowest BCUT2D eigenvalue weighted by molar-refractivity contribution is 0.548. The van der Waals surface area contributed by atoms with E-state index >= 15 is 0 Å². The van der Waals surface area contributed by atoms with E-state index < -0.39 is 0 Å². The highest BCUT2D eigenvalue weighted by Crippen LogP contribution is 2.29. The molecule has 1 fully saturated rings. The van der Waals surface area contributed by atoms with Crippen LogP contribution in [0.1, 0.15) is 31.8 Å². The van der Waals surface area contributed by atoms with Gasteiger partial charge >= 0.3 is 0 Å². The number of nitrogens with zero attached hydrogens (tertiary/aromatic N) is 3. The van der Waals surface area contributed by atoms with Gasteiger partial charge in [0.05, 0.1) is 0 Å². The van der Waals surface area contributed by atoms with Gasteiger partial charge in [0.2, 0.25) is 0 Å². The Morgan fingerprint density at radius 1 is 1.47 bits per heavy atom. The first-order valence-corrected chi connectivity index (χ1v) is 6.86. The number of aryl methyl sites for hydroxylation is 2. The molecule has 1 aromatic rings. The molecule has 0 spiro atoms. The predicted molar refractivity (Wildman–Crippen MR) is 71.8 cm³/mol. The van der Waals surface area contributed by atoms with Crippen LogP contribution < -0.4 is 4.90 Å². The molecule has 17 heavy (non-hydrogen) atoms. The van der Waals surface area contributed by atoms with Crippen LogP contribution in [-0.4, -0.2) is 28.4 Å². The molecule has 0 saturated carbocycles. The number of halogens is 1. The normalized spacial score (nSPS) is 24.4. The van der Waals surface area contributed by atoms with Crippen molar-refractivity contribution in [3.63, 3.8) is 0 Å². The van der Waals surface area contributed by atoms with Crippen molar-refractivity contribution in [2.45, 2.75) is 39.7 Å². The van der Waals surface area contributed by atoms with Gasteiger partial charge in [0.15, 0.2) is 0 Å². The summed E-state index contributed by atoms with van der Waals surface area (Å²) in [5.74, 6) is 3.22. The molecule has 1 aliphatic rings. The quantitative estimate of drug-likeness (QED) is 0.776. The molecule has 1 aromatic heterocycles. The third-order valence-electron chi connectivity index (χ3n) is 3.57. The highest BCUT2D eigenvalue weighted by molar-refractivity contribution is 6.18. The van der Waals surface area contributed by atoms with Crippen LogP contribution in [-0.2, 0) is 6.42 Å². The van der Waals surface area contributed by atoms with E-state index in [2.05, 4.69) is 34.8 Å². The smallest absolute Gasteiger partial charge is 0.132 e. The summed E-state index contributed by atoms with van der Waals surface area (Å²) in [6, 6.07) is 2.51. The van der Waals surface area contributed by atoms with Crippen molar-refractivity contribution in [1.29, 1.82) is 0 Å². The number of aromatic nitrogens is 2. The summed E-state index contributed by atoms with van der Waals surface area (Å²) in [6.07, 6.45) is 2.15. The summed E-state index contributed by atoms with van der Waals surface area (Å²) in [5, 5.41) is 0. The van der Waals surface area contributed by atoms with E-state index in [1.165, 1.54) is 6.42 Å². The SMILES string of the molecule is CCc1cc(N2CCC(C)C2CCl)nc(C)n1. The molecule has 4 heteroatoms. The summed E-state index contributed by atoms with van der Waals surface area (Å²) in [5.41, 5.74) is 1.11. The van der Waals surface area contributed by atoms with E-state index in [9.17, 15) is 0 Å². The van der Waals surface area contributed by atoms with Crippen molar-refractivity contribution in [1.82, 2.24) is 9.97 Å². The maximum absolute atomic E-state index is 6.08. The molecule has 2 heterocycles. The maximum Gasteiger partial charge on any atom is 0.132 e. The molecule has 0 aliphatic carbocycles. The highest BCUT2D eigenvalue weighted by atomic mass is 35.5. The Kier molecular flexibility index (Phi) is 3.87. The molecule has 0 N–H and O–H groups in total. The second-order valence-corrected chi connectivity index (χ2v) is 5.11. The number of anilines is 1. The Balaban J connectivity index is 2.30. The molecule has 0 aromatic carbocycles. The van der Waals surface area contributed by atoms with E-state index in [1.54, 1.807) is 0 Å². The Bertz CT molecular complexity index is 394. The van der Waals surface area contributed by atoms with E-state index in [4.69, 9.17) is 11.6 Å². The van der Waals surface area contributed by atoms with Crippen molar-refractivity contribution in [3.05, 3.63) is 17.6 Å². The van der Waals surface area contributed by atoms with Crippen molar-refractivity contribution in [3.8, 4) is 0 Å². The molecular formula is C13H20ClN3. The van der Waals surface area contributed by atoms with E-state index in [-0.39, 0.29) is 0 Å². The maximum atomic E-state index is 6.08. The number of hydrogen-bond donors (Lipinski definition) is 0. The second kappa shape index (κ2) is 5.21. The molecule has 0 bridgehead atoms. The van der Waals surface area contributed by atoms with Crippen molar-refractivity contribution < 1.29 is 0 Å². The third kappa shape index (κ3) is 2.54. The summed E-state index contributed by atoms with van der Waals surface area (Å²) >= 11 is 6.08. The monoisotopic (exact) mass is 253 g/mol. The Hall–Kier alpha value is -0.830. The minimum Gasteiger partial charge on any atom is -0.352 e. The zero-order valence-corrected chi connectivity index (χ0v) is 11.5. The zero-order chi connectivity index (χ0) is 12.4. The standard InChI is InChI=1S/C13H20ClN3/c1-4-11-7-13(16-10(3)15-11)17-6-5-9(2)12(17)8-14/h7,9,12H,4-6,8H2,1-3H3. The largest absolute Gasteiger partial charge is 0.352 e. The lowest BCUT2D eigenvalue weighted by atomic mass is 10.1. The molecule has 2 rings (SSSR count). The zero-order valence-electron chi connectivity index (χ0n) is 10.8. The molecule has 0 amide bonds. The number of rotatable bonds is 3. The molecule has 3 nitrogen and oxygen atoms in total. The van der Waals surface area contributed by atoms with Gasteiger partial charge in [0.25, 0.3) is 0 Å². The summed E-state index contributed by atoms with van der Waals surface area (Å²) in [7, 11) is 0. The fraction of sp³-hybridized carbons (Fsp3) is 0.692. The van der Waals surface area contributed by atoms with Crippen LogP contribution in [0, 0.1) is 12.8 Å². The molecule has 94 valence electrons. The van der Waals surface area contributed by atoms with Crippen molar-refractivity contribution in [2.24, 2.45) is 5.92 Å². The van der Waals surface area contributed by atoms with Crippen molar-refractivity contribution in [2.75, 3.05) is 17.3 Å². The van der Waals surface area contributed by atoms with Crippen LogP contribution in [0.25, 0.3) is 0 Å². The minimum atomic E-state index is 0.413. The first-order valence-electron chi connectivity index (χ1n) is 6.32. The highest BCUT2D eigenvalue weighted by Gasteiger charge is 2.31. The molecular weight excluding hydrogens is 234 g/mol. The van der Waals surface area contributed by atoms with E-state index in [0.717, 1.165) is 30.3 Å². The average Bonchev–Trinajstić information content (AvgIpc) is 2.69. The molecule has 0 radical (unpaired) electrons. The summed E-state index contributed by atoms with van der Waals surface area (Å²) in [4.78, 5) is 11.3. The lowest BCUT2D eigenvalue weighted by Crippen LogP contribution is -2.34. The second-order valence-electron chi connectivity index (χ2n) is 4.80. The summed E-state index contributed by atoms with van der Waals surface area (Å²) < 4.78 is 0. The van der Waals surface area contributed by atoms with Crippen LogP contribution in [0.15, 0.2) is 6.07 Å². The van der Waals surface area contributed by atoms with Gasteiger partial charge in [0, 0.05) is 30.2 Å². The van der Waals surface area contributed by atoms with Crippen LogP contribution >= 0.6 is 11.6 Å². The molecule has 2 atom stereocenters. The Morgan fingerprint density at radius 3 is 2.88 bits per heavy atom. The van der Waals surface area contributed by atoms with Gasteiger partial charge in [0.1, 0.15) is 11.6 Å². The van der Waals surface area contributed by atoms with Crippen LogP contribution in [0.2, 0.25) is 0 Å². The first kappa shape index (κ1) is 12.6. The fourth-order valence-electron chi connectivity index (χ4n) is 2.47. The average molecular weight is 254 g/mol. The van der Waals surface area contributed by atoms with Gasteiger partial charge in [-0.05, 0) is 25.7 Å². The van der Waals surface area contributed by atoms with Gasteiger partial charge < -0.3 is 4.90 Å². The van der Waals surface area contributed by atoms with Gasteiger partial charge in [-0.15, -0.1) is 11.6 Å². The molecule has 1 aliphatic heterocycles.